The molecule has 1 N–H and O–H groups in total. The van der Waals surface area contributed by atoms with Crippen LogP contribution in [-0.4, -0.2) is 33.7 Å². The van der Waals surface area contributed by atoms with Gasteiger partial charge in [0.15, 0.2) is 0 Å². The minimum Gasteiger partial charge on any atom is -0.335 e. The summed E-state index contributed by atoms with van der Waals surface area (Å²) in [6.45, 7) is 1.03. The van der Waals surface area contributed by atoms with Gasteiger partial charge in [0, 0.05) is 17.5 Å². The molecule has 2 aromatic rings. The van der Waals surface area contributed by atoms with Crippen molar-refractivity contribution in [2.75, 3.05) is 6.54 Å². The summed E-state index contributed by atoms with van der Waals surface area (Å²) < 4.78 is 42.1. The molecule has 26 heavy (non-hydrogen) atoms. The number of aromatic nitrogens is 2. The number of carbonyl (C=O) groups excluding carboxylic acids is 1. The van der Waals surface area contributed by atoms with Crippen molar-refractivity contribution in [3.63, 3.8) is 0 Å². The van der Waals surface area contributed by atoms with E-state index in [0.29, 0.717) is 24.4 Å². The molecule has 0 spiro atoms. The zero-order chi connectivity index (χ0) is 18.3. The van der Waals surface area contributed by atoms with Gasteiger partial charge >= 0.3 is 18.1 Å². The van der Waals surface area contributed by atoms with Crippen LogP contribution in [0.2, 0.25) is 0 Å². The van der Waals surface area contributed by atoms with Crippen LogP contribution in [0.4, 0.5) is 18.0 Å². The van der Waals surface area contributed by atoms with Crippen molar-refractivity contribution in [3.8, 4) is 10.7 Å². The number of carbonyl (C=O) groups is 1. The maximum absolute atomic E-state index is 12.6. The number of rotatable bonds is 2. The maximum atomic E-state index is 12.6. The minimum atomic E-state index is -4.66. The Labute approximate surface area is 151 Å². The number of halogens is 3. The summed E-state index contributed by atoms with van der Waals surface area (Å²) in [6, 6.07) is 1.97. The van der Waals surface area contributed by atoms with E-state index in [0.717, 1.165) is 36.1 Å². The van der Waals surface area contributed by atoms with Gasteiger partial charge < -0.3 is 14.7 Å². The first-order valence-corrected chi connectivity index (χ1v) is 9.30. The van der Waals surface area contributed by atoms with Crippen LogP contribution in [0.5, 0.6) is 0 Å². The number of thiophene rings is 1. The Morgan fingerprint density at radius 1 is 1.35 bits per heavy atom. The molecule has 0 unspecified atom stereocenters. The second kappa shape index (κ2) is 6.57. The summed E-state index contributed by atoms with van der Waals surface area (Å²) in [5.74, 6) is -1.42. The molecule has 3 heterocycles. The van der Waals surface area contributed by atoms with Crippen LogP contribution in [-0.2, 0) is 19.1 Å². The van der Waals surface area contributed by atoms with E-state index in [1.807, 2.05) is 0 Å². The Morgan fingerprint density at radius 2 is 2.12 bits per heavy atom. The molecule has 2 aliphatic rings. The highest BCUT2D eigenvalue weighted by Gasteiger charge is 2.39. The third-order valence-electron chi connectivity index (χ3n) is 4.74. The van der Waals surface area contributed by atoms with Crippen molar-refractivity contribution >= 4 is 17.4 Å². The Hall–Kier alpha value is -2.10. The fraction of sp³-hybridized carbons (Fsp3) is 0.562. The van der Waals surface area contributed by atoms with Crippen LogP contribution in [0.1, 0.15) is 42.0 Å². The Bertz CT molecular complexity index is 811. The number of amides is 2. The van der Waals surface area contributed by atoms with E-state index < -0.39 is 12.1 Å². The van der Waals surface area contributed by atoms with Gasteiger partial charge in [0.05, 0.1) is 11.4 Å². The van der Waals surface area contributed by atoms with Crippen molar-refractivity contribution in [3.05, 3.63) is 22.4 Å². The maximum Gasteiger partial charge on any atom is 0.471 e. The lowest BCUT2D eigenvalue weighted by Gasteiger charge is -2.28. The highest BCUT2D eigenvalue weighted by atomic mass is 32.1. The number of urea groups is 1. The molecular weight excluding hydrogens is 369 g/mol. The van der Waals surface area contributed by atoms with Crippen LogP contribution in [0.25, 0.3) is 10.7 Å². The molecule has 0 saturated heterocycles. The molecule has 4 rings (SSSR count). The van der Waals surface area contributed by atoms with E-state index in [-0.39, 0.29) is 17.9 Å². The lowest BCUT2D eigenvalue weighted by atomic mass is 10.1. The lowest BCUT2D eigenvalue weighted by molar-refractivity contribution is -0.159. The molecule has 2 aromatic heterocycles. The average Bonchev–Trinajstić information content (AvgIpc) is 3.32. The van der Waals surface area contributed by atoms with Crippen molar-refractivity contribution < 1.29 is 22.5 Å². The smallest absolute Gasteiger partial charge is 0.335 e. The van der Waals surface area contributed by atoms with E-state index >= 15 is 0 Å². The third-order valence-corrected chi connectivity index (χ3v) is 5.90. The quantitative estimate of drug-likeness (QED) is 0.852. The van der Waals surface area contributed by atoms with Crippen LogP contribution < -0.4 is 5.32 Å². The summed E-state index contributed by atoms with van der Waals surface area (Å²) >= 11 is 1.30. The van der Waals surface area contributed by atoms with Gasteiger partial charge in [-0.2, -0.15) is 18.2 Å². The van der Waals surface area contributed by atoms with Gasteiger partial charge in [-0.05, 0) is 30.9 Å². The van der Waals surface area contributed by atoms with E-state index in [2.05, 4.69) is 20.0 Å². The first-order valence-electron chi connectivity index (χ1n) is 8.48. The van der Waals surface area contributed by atoms with E-state index in [1.54, 1.807) is 11.0 Å². The molecular formula is C16H17F3N4O2S. The van der Waals surface area contributed by atoms with Crippen LogP contribution >= 0.6 is 11.3 Å². The summed E-state index contributed by atoms with van der Waals surface area (Å²) in [7, 11) is 0. The van der Waals surface area contributed by atoms with Gasteiger partial charge in [-0.3, -0.25) is 0 Å². The fourth-order valence-corrected chi connectivity index (χ4v) is 4.53. The zero-order valence-electron chi connectivity index (χ0n) is 13.8. The van der Waals surface area contributed by atoms with Crippen LogP contribution in [0.15, 0.2) is 10.6 Å². The first kappa shape index (κ1) is 17.3. The SMILES string of the molecule is O=C(NC1CCCC1)N1CCc2cc(-c3noc(C(F)(F)F)n3)sc2C1. The minimum absolute atomic E-state index is 0.0707. The second-order valence-electron chi connectivity index (χ2n) is 6.58. The number of hydrogen-bond donors (Lipinski definition) is 1. The van der Waals surface area contributed by atoms with Gasteiger partial charge in [0.25, 0.3) is 0 Å². The predicted octanol–water partition coefficient (Wildman–Crippen LogP) is 3.83. The molecule has 140 valence electrons. The van der Waals surface area contributed by atoms with Crippen LogP contribution in [0.3, 0.4) is 0 Å². The van der Waals surface area contributed by atoms with Gasteiger partial charge in [-0.15, -0.1) is 11.3 Å². The number of alkyl halides is 3. The predicted molar refractivity (Wildman–Crippen MR) is 87.5 cm³/mol. The average molecular weight is 386 g/mol. The summed E-state index contributed by atoms with van der Waals surface area (Å²) in [5.41, 5.74) is 1.02. The normalized spacial score (nSPS) is 18.2. The largest absolute Gasteiger partial charge is 0.471 e. The molecule has 1 saturated carbocycles. The van der Waals surface area contributed by atoms with Crippen molar-refractivity contribution in [2.45, 2.75) is 50.9 Å². The molecule has 2 amide bonds. The second-order valence-corrected chi connectivity index (χ2v) is 7.72. The third kappa shape index (κ3) is 3.42. The van der Waals surface area contributed by atoms with E-state index in [9.17, 15) is 18.0 Å². The number of nitrogens with zero attached hydrogens (tertiary/aromatic N) is 3. The fourth-order valence-electron chi connectivity index (χ4n) is 3.38. The molecule has 6 nitrogen and oxygen atoms in total. The standard InChI is InChI=1S/C16H17F3N4O2S/c17-16(18,19)14-21-13(22-25-14)11-7-9-5-6-23(8-12(9)26-11)15(24)20-10-3-1-2-4-10/h7,10H,1-6,8H2,(H,20,24). The van der Waals surface area contributed by atoms with Crippen molar-refractivity contribution in [2.24, 2.45) is 0 Å². The van der Waals surface area contributed by atoms with Crippen LogP contribution in [0, 0.1) is 0 Å². The highest BCUT2D eigenvalue weighted by molar-refractivity contribution is 7.15. The molecule has 1 aliphatic heterocycles. The lowest BCUT2D eigenvalue weighted by Crippen LogP contribution is -2.45. The molecule has 1 fully saturated rings. The first-order chi connectivity index (χ1) is 12.4. The molecule has 0 radical (unpaired) electrons. The van der Waals surface area contributed by atoms with Gasteiger partial charge in [0.2, 0.25) is 5.82 Å². The van der Waals surface area contributed by atoms with Crippen molar-refractivity contribution in [1.29, 1.82) is 0 Å². The Morgan fingerprint density at radius 3 is 2.81 bits per heavy atom. The zero-order valence-corrected chi connectivity index (χ0v) is 14.6. The molecule has 10 heteroatoms. The van der Waals surface area contributed by atoms with E-state index in [1.165, 1.54) is 11.3 Å². The number of nitrogens with one attached hydrogen (secondary N) is 1. The van der Waals surface area contributed by atoms with Gasteiger partial charge in [0.1, 0.15) is 0 Å². The summed E-state index contributed by atoms with van der Waals surface area (Å²) in [6.07, 6.45) is 0.341. The number of hydrogen-bond acceptors (Lipinski definition) is 5. The topological polar surface area (TPSA) is 71.3 Å². The Kier molecular flexibility index (Phi) is 4.37. The number of fused-ring (bicyclic) bond motifs is 1. The van der Waals surface area contributed by atoms with Crippen molar-refractivity contribution in [1.82, 2.24) is 20.4 Å². The summed E-state index contributed by atoms with van der Waals surface area (Å²) in [5, 5.41) is 6.50. The molecule has 0 atom stereocenters. The van der Waals surface area contributed by atoms with Gasteiger partial charge in [-0.1, -0.05) is 18.0 Å². The molecule has 0 bridgehead atoms. The Balaban J connectivity index is 1.47. The molecule has 1 aliphatic carbocycles. The highest BCUT2D eigenvalue weighted by Crippen LogP contribution is 2.35. The monoisotopic (exact) mass is 386 g/mol. The van der Waals surface area contributed by atoms with E-state index in [4.69, 9.17) is 0 Å². The molecule has 0 aromatic carbocycles. The summed E-state index contributed by atoms with van der Waals surface area (Å²) in [4.78, 5) is 19.1. The van der Waals surface area contributed by atoms with Gasteiger partial charge in [-0.25, -0.2) is 4.79 Å².